The summed E-state index contributed by atoms with van der Waals surface area (Å²) in [6, 6.07) is 0. The van der Waals surface area contributed by atoms with Gasteiger partial charge in [-0.25, -0.2) is 0 Å². The summed E-state index contributed by atoms with van der Waals surface area (Å²) in [4.78, 5) is 0. The number of hydrogen-bond donors (Lipinski definition) is 0. The fourth-order valence-electron chi connectivity index (χ4n) is 2.00. The molecule has 2 heterocycles. The molecule has 0 radical (unpaired) electrons. The van der Waals surface area contributed by atoms with Crippen LogP contribution in [0.1, 0.15) is 43.9 Å². The van der Waals surface area contributed by atoms with Crippen molar-refractivity contribution in [3.8, 4) is 0 Å². The minimum atomic E-state index is 0.620. The number of aromatic nitrogens is 2. The van der Waals surface area contributed by atoms with Crippen LogP contribution in [0.4, 0.5) is 0 Å². The number of aryl methyl sites for hydroxylation is 2. The number of hydrogen-bond acceptors (Lipinski definition) is 2. The van der Waals surface area contributed by atoms with E-state index >= 15 is 0 Å². The van der Waals surface area contributed by atoms with E-state index < -0.39 is 0 Å². The highest BCUT2D eigenvalue weighted by molar-refractivity contribution is 5.19. The fraction of sp³-hybridized carbons (Fsp3) is 0.750. The molecule has 0 amide bonds. The normalized spacial score (nSPS) is 17.1. The maximum Gasteiger partial charge on any atom is 0.0686 e. The first-order valence-electron chi connectivity index (χ1n) is 5.85. The molecule has 3 heteroatoms. The molecule has 0 aliphatic carbocycles. The van der Waals surface area contributed by atoms with E-state index in [1.54, 1.807) is 0 Å². The summed E-state index contributed by atoms with van der Waals surface area (Å²) in [6.07, 6.45) is 4.33. The molecule has 0 bridgehead atoms. The minimum Gasteiger partial charge on any atom is -0.381 e. The lowest BCUT2D eigenvalue weighted by molar-refractivity contribution is 0.0843. The average molecular weight is 210 g/mol. The summed E-state index contributed by atoms with van der Waals surface area (Å²) in [5.74, 6) is 0.620. The molecular formula is C12H22N2O. The molecule has 1 aromatic heterocycles. The van der Waals surface area contributed by atoms with Crippen molar-refractivity contribution in [2.45, 2.75) is 39.5 Å². The number of rotatable bonds is 1. The van der Waals surface area contributed by atoms with E-state index in [9.17, 15) is 0 Å². The van der Waals surface area contributed by atoms with Gasteiger partial charge in [0.05, 0.1) is 5.69 Å². The molecule has 0 unspecified atom stereocenters. The van der Waals surface area contributed by atoms with Crippen LogP contribution in [0.5, 0.6) is 0 Å². The van der Waals surface area contributed by atoms with Crippen molar-refractivity contribution in [1.82, 2.24) is 9.78 Å². The van der Waals surface area contributed by atoms with Crippen LogP contribution in [0.25, 0.3) is 0 Å². The zero-order chi connectivity index (χ0) is 11.3. The van der Waals surface area contributed by atoms with Gasteiger partial charge in [-0.15, -0.1) is 0 Å². The first-order valence-corrected chi connectivity index (χ1v) is 5.85. The molecule has 2 rings (SSSR count). The average Bonchev–Trinajstić information content (AvgIpc) is 2.62. The quantitative estimate of drug-likeness (QED) is 0.712. The molecule has 0 saturated carbocycles. The largest absolute Gasteiger partial charge is 0.381 e. The smallest absolute Gasteiger partial charge is 0.0686 e. The first-order chi connectivity index (χ1) is 7.27. The van der Waals surface area contributed by atoms with Crippen LogP contribution in [0.15, 0.2) is 6.20 Å². The lowest BCUT2D eigenvalue weighted by atomic mass is 9.94. The molecule has 1 aliphatic rings. The molecule has 1 aromatic rings. The molecule has 15 heavy (non-hydrogen) atoms. The van der Waals surface area contributed by atoms with Crippen molar-refractivity contribution in [2.75, 3.05) is 13.2 Å². The molecule has 1 aliphatic heterocycles. The summed E-state index contributed by atoms with van der Waals surface area (Å²) in [5.41, 5.74) is 2.58. The van der Waals surface area contributed by atoms with E-state index in [4.69, 9.17) is 4.74 Å². The fourth-order valence-corrected chi connectivity index (χ4v) is 2.00. The van der Waals surface area contributed by atoms with Gasteiger partial charge in [-0.3, -0.25) is 4.68 Å². The summed E-state index contributed by atoms with van der Waals surface area (Å²) in [5, 5.41) is 4.50. The van der Waals surface area contributed by atoms with Gasteiger partial charge in [0.1, 0.15) is 0 Å². The first kappa shape index (κ1) is 12.2. The Morgan fingerprint density at radius 1 is 1.33 bits per heavy atom. The van der Waals surface area contributed by atoms with Gasteiger partial charge in [0.2, 0.25) is 0 Å². The van der Waals surface area contributed by atoms with Crippen molar-refractivity contribution < 1.29 is 4.74 Å². The van der Waals surface area contributed by atoms with Crippen molar-refractivity contribution in [1.29, 1.82) is 0 Å². The Morgan fingerprint density at radius 2 is 1.93 bits per heavy atom. The standard InChI is InChI=1S/C10H16N2O.C2H6/c1-8-7-12(2)11-10(8)9-3-5-13-6-4-9;1-2/h7,9H,3-6H2,1-2H3;1-2H3. The summed E-state index contributed by atoms with van der Waals surface area (Å²) < 4.78 is 7.24. The molecule has 0 spiro atoms. The predicted molar refractivity (Wildman–Crippen MR) is 62.1 cm³/mol. The van der Waals surface area contributed by atoms with Gasteiger partial charge in [-0.1, -0.05) is 13.8 Å². The van der Waals surface area contributed by atoms with E-state index in [1.807, 2.05) is 25.6 Å². The Kier molecular flexibility index (Phi) is 4.82. The molecular weight excluding hydrogens is 188 g/mol. The van der Waals surface area contributed by atoms with Crippen molar-refractivity contribution in [3.05, 3.63) is 17.5 Å². The zero-order valence-electron chi connectivity index (χ0n) is 10.3. The summed E-state index contributed by atoms with van der Waals surface area (Å²) >= 11 is 0. The molecule has 86 valence electrons. The van der Waals surface area contributed by atoms with Gasteiger partial charge in [-0.2, -0.15) is 5.10 Å². The van der Waals surface area contributed by atoms with E-state index in [-0.39, 0.29) is 0 Å². The van der Waals surface area contributed by atoms with Gasteiger partial charge < -0.3 is 4.74 Å². The van der Waals surface area contributed by atoms with Crippen LogP contribution in [0.3, 0.4) is 0 Å². The molecule has 1 saturated heterocycles. The zero-order valence-corrected chi connectivity index (χ0v) is 10.3. The van der Waals surface area contributed by atoms with E-state index in [2.05, 4.69) is 18.2 Å². The molecule has 0 aromatic carbocycles. The SMILES string of the molecule is CC.Cc1cn(C)nc1C1CCOCC1. The number of nitrogens with zero attached hydrogens (tertiary/aromatic N) is 2. The molecule has 3 nitrogen and oxygen atoms in total. The van der Waals surface area contributed by atoms with Gasteiger partial charge >= 0.3 is 0 Å². The van der Waals surface area contributed by atoms with Crippen molar-refractivity contribution >= 4 is 0 Å². The second kappa shape index (κ2) is 5.91. The number of ether oxygens (including phenoxy) is 1. The topological polar surface area (TPSA) is 27.1 Å². The Balaban J connectivity index is 0.000000531. The van der Waals surface area contributed by atoms with Crippen molar-refractivity contribution in [2.24, 2.45) is 7.05 Å². The lowest BCUT2D eigenvalue weighted by Crippen LogP contribution is -2.15. The predicted octanol–water partition coefficient (Wildman–Crippen LogP) is 2.65. The third-order valence-electron chi connectivity index (χ3n) is 2.66. The van der Waals surface area contributed by atoms with Crippen LogP contribution in [0.2, 0.25) is 0 Å². The Hall–Kier alpha value is -0.830. The van der Waals surface area contributed by atoms with Crippen LogP contribution in [0, 0.1) is 6.92 Å². The minimum absolute atomic E-state index is 0.620. The molecule has 1 fully saturated rings. The van der Waals surface area contributed by atoms with Gasteiger partial charge in [-0.05, 0) is 25.3 Å². The third kappa shape index (κ3) is 3.06. The van der Waals surface area contributed by atoms with Gasteiger partial charge in [0.15, 0.2) is 0 Å². The highest BCUT2D eigenvalue weighted by Gasteiger charge is 2.19. The third-order valence-corrected chi connectivity index (χ3v) is 2.66. The second-order valence-corrected chi connectivity index (χ2v) is 3.76. The van der Waals surface area contributed by atoms with Crippen LogP contribution < -0.4 is 0 Å². The van der Waals surface area contributed by atoms with E-state index in [0.29, 0.717) is 5.92 Å². The summed E-state index contributed by atoms with van der Waals surface area (Å²) in [7, 11) is 1.98. The highest BCUT2D eigenvalue weighted by Crippen LogP contribution is 2.27. The van der Waals surface area contributed by atoms with Crippen LogP contribution in [-0.2, 0) is 11.8 Å². The van der Waals surface area contributed by atoms with E-state index in [1.165, 1.54) is 11.3 Å². The Morgan fingerprint density at radius 3 is 2.40 bits per heavy atom. The maximum absolute atomic E-state index is 5.33. The van der Waals surface area contributed by atoms with Gasteiger partial charge in [0, 0.05) is 32.4 Å². The van der Waals surface area contributed by atoms with E-state index in [0.717, 1.165) is 26.1 Å². The monoisotopic (exact) mass is 210 g/mol. The molecule has 0 N–H and O–H groups in total. The lowest BCUT2D eigenvalue weighted by Gasteiger charge is -2.20. The Bertz CT molecular complexity index is 288. The molecule has 0 atom stereocenters. The second-order valence-electron chi connectivity index (χ2n) is 3.76. The van der Waals surface area contributed by atoms with Gasteiger partial charge in [0.25, 0.3) is 0 Å². The van der Waals surface area contributed by atoms with Crippen LogP contribution in [-0.4, -0.2) is 23.0 Å². The summed E-state index contributed by atoms with van der Waals surface area (Å²) in [6.45, 7) is 7.92. The highest BCUT2D eigenvalue weighted by atomic mass is 16.5. The maximum atomic E-state index is 5.33. The Labute approximate surface area is 92.4 Å². The van der Waals surface area contributed by atoms with Crippen LogP contribution >= 0.6 is 0 Å². The van der Waals surface area contributed by atoms with Crippen molar-refractivity contribution in [3.63, 3.8) is 0 Å².